The highest BCUT2D eigenvalue weighted by atomic mass is 16.6. The fourth-order valence-electron chi connectivity index (χ4n) is 3.45. The van der Waals surface area contributed by atoms with Crippen LogP contribution in [0.1, 0.15) is 29.4 Å². The van der Waals surface area contributed by atoms with Crippen LogP contribution >= 0.6 is 0 Å². The first kappa shape index (κ1) is 19.8. The minimum absolute atomic E-state index is 0.166. The number of aryl methyl sites for hydroxylation is 1. The molecule has 0 radical (unpaired) electrons. The topological polar surface area (TPSA) is 95.7 Å². The number of hydrogen-bond donors (Lipinski definition) is 2. The molecule has 30 heavy (non-hydrogen) atoms. The molecule has 0 saturated heterocycles. The second-order valence-corrected chi connectivity index (χ2v) is 7.25. The van der Waals surface area contributed by atoms with Crippen LogP contribution in [0.15, 0.2) is 42.5 Å². The molecule has 0 aliphatic carbocycles. The van der Waals surface area contributed by atoms with Crippen molar-refractivity contribution in [3.8, 4) is 17.2 Å². The lowest BCUT2D eigenvalue weighted by atomic mass is 10.1. The molecule has 0 bridgehead atoms. The Morgan fingerprint density at radius 3 is 2.80 bits per heavy atom. The summed E-state index contributed by atoms with van der Waals surface area (Å²) >= 11 is 0. The maximum atomic E-state index is 12.7. The van der Waals surface area contributed by atoms with Gasteiger partial charge < -0.3 is 25.3 Å². The molecule has 1 aliphatic heterocycles. The summed E-state index contributed by atoms with van der Waals surface area (Å²) in [4.78, 5) is 17.2. The number of aromatic nitrogens is 1. The van der Waals surface area contributed by atoms with Crippen LogP contribution in [0.4, 0.5) is 5.69 Å². The van der Waals surface area contributed by atoms with Gasteiger partial charge in [0.25, 0.3) is 5.91 Å². The molecule has 4 rings (SSSR count). The Labute approximate surface area is 175 Å². The molecule has 7 nitrogen and oxygen atoms in total. The predicted molar refractivity (Wildman–Crippen MR) is 115 cm³/mol. The molecule has 1 unspecified atom stereocenters. The summed E-state index contributed by atoms with van der Waals surface area (Å²) in [7, 11) is 0. The van der Waals surface area contributed by atoms with Crippen molar-refractivity contribution in [3.63, 3.8) is 0 Å². The molecular formula is C23H25N3O4. The van der Waals surface area contributed by atoms with Gasteiger partial charge in [0.15, 0.2) is 11.5 Å². The molecule has 156 valence electrons. The predicted octanol–water partition coefficient (Wildman–Crippen LogP) is 3.48. The van der Waals surface area contributed by atoms with Gasteiger partial charge in [-0.25, -0.2) is 0 Å². The molecule has 2 heterocycles. The summed E-state index contributed by atoms with van der Waals surface area (Å²) in [6.45, 7) is 5.22. The van der Waals surface area contributed by atoms with Gasteiger partial charge >= 0.3 is 0 Å². The van der Waals surface area contributed by atoms with Crippen molar-refractivity contribution in [3.05, 3.63) is 53.7 Å². The number of nitrogens with zero attached hydrogens (tertiary/aromatic N) is 1. The number of nitrogens with one attached hydrogen (secondary N) is 1. The van der Waals surface area contributed by atoms with E-state index in [-0.39, 0.29) is 11.9 Å². The van der Waals surface area contributed by atoms with Crippen LogP contribution in [-0.4, -0.2) is 36.8 Å². The zero-order valence-corrected chi connectivity index (χ0v) is 17.1. The lowest BCUT2D eigenvalue weighted by molar-refractivity contribution is 0.0919. The third kappa shape index (κ3) is 4.10. The van der Waals surface area contributed by atoms with Gasteiger partial charge in [0.1, 0.15) is 25.6 Å². The molecule has 7 heteroatoms. The molecule has 1 atom stereocenters. The van der Waals surface area contributed by atoms with E-state index in [0.717, 1.165) is 16.6 Å². The maximum absolute atomic E-state index is 12.7. The van der Waals surface area contributed by atoms with Crippen LogP contribution in [0.2, 0.25) is 0 Å². The summed E-state index contributed by atoms with van der Waals surface area (Å²) < 4.78 is 17.1. The van der Waals surface area contributed by atoms with Gasteiger partial charge in [0.05, 0.1) is 16.9 Å². The number of rotatable bonds is 6. The number of ether oxygens (including phenoxy) is 3. The number of pyridine rings is 1. The molecule has 3 N–H and O–H groups in total. The fraction of sp³-hybridized carbons (Fsp3) is 0.304. The van der Waals surface area contributed by atoms with E-state index in [4.69, 9.17) is 19.9 Å². The first-order chi connectivity index (χ1) is 14.5. The minimum Gasteiger partial charge on any atom is -0.491 e. The molecule has 1 amide bonds. The highest BCUT2D eigenvalue weighted by molar-refractivity contribution is 5.96. The lowest BCUT2D eigenvalue weighted by Gasteiger charge is -2.21. The van der Waals surface area contributed by atoms with Crippen LogP contribution in [0.5, 0.6) is 17.2 Å². The Kier molecular flexibility index (Phi) is 5.61. The third-order valence-corrected chi connectivity index (χ3v) is 5.03. The second-order valence-electron chi connectivity index (χ2n) is 7.25. The van der Waals surface area contributed by atoms with Gasteiger partial charge in [-0.1, -0.05) is 13.0 Å². The zero-order valence-electron chi connectivity index (χ0n) is 17.1. The Balaban J connectivity index is 1.45. The van der Waals surface area contributed by atoms with E-state index < -0.39 is 0 Å². The number of hydrogen-bond acceptors (Lipinski definition) is 6. The average Bonchev–Trinajstić information content (AvgIpc) is 2.75. The first-order valence-corrected chi connectivity index (χ1v) is 10.0. The first-order valence-electron chi connectivity index (χ1n) is 10.0. The molecule has 0 spiro atoms. The van der Waals surface area contributed by atoms with Crippen molar-refractivity contribution in [2.75, 3.05) is 25.6 Å². The Hall–Kier alpha value is -3.48. The number of anilines is 1. The van der Waals surface area contributed by atoms with Crippen molar-refractivity contribution in [1.82, 2.24) is 10.3 Å². The summed E-state index contributed by atoms with van der Waals surface area (Å²) in [5, 5.41) is 3.81. The van der Waals surface area contributed by atoms with Crippen LogP contribution in [0.25, 0.3) is 10.9 Å². The van der Waals surface area contributed by atoms with Gasteiger partial charge in [-0.15, -0.1) is 0 Å². The van der Waals surface area contributed by atoms with Gasteiger partial charge in [0.2, 0.25) is 0 Å². The van der Waals surface area contributed by atoms with Crippen molar-refractivity contribution >= 4 is 22.5 Å². The summed E-state index contributed by atoms with van der Waals surface area (Å²) in [5.74, 6) is 1.72. The van der Waals surface area contributed by atoms with E-state index in [1.54, 1.807) is 18.2 Å². The van der Waals surface area contributed by atoms with Crippen molar-refractivity contribution in [2.45, 2.75) is 26.3 Å². The van der Waals surface area contributed by atoms with Crippen molar-refractivity contribution < 1.29 is 19.0 Å². The number of carbonyl (C=O) groups is 1. The third-order valence-electron chi connectivity index (χ3n) is 5.03. The quantitative estimate of drug-likeness (QED) is 0.649. The van der Waals surface area contributed by atoms with Gasteiger partial charge in [0, 0.05) is 16.9 Å². The largest absolute Gasteiger partial charge is 0.491 e. The van der Waals surface area contributed by atoms with E-state index in [0.29, 0.717) is 54.7 Å². The number of benzene rings is 2. The molecule has 0 fully saturated rings. The van der Waals surface area contributed by atoms with E-state index in [1.807, 2.05) is 38.1 Å². The Bertz CT molecular complexity index is 1080. The number of nitrogens with two attached hydrogens (primary N) is 1. The van der Waals surface area contributed by atoms with E-state index >= 15 is 0 Å². The average molecular weight is 407 g/mol. The highest BCUT2D eigenvalue weighted by Crippen LogP contribution is 2.31. The standard InChI is InChI=1S/C23H25N3O4/c1-3-16(26-23(27)15-7-8-19-21(12-15)29-10-9-28-19)13-30-20-6-4-5-18-22(20)17(24)11-14(2)25-18/h4-8,11-12,16H,3,9-10,13H2,1-2H3,(H2,24,25)(H,26,27). The van der Waals surface area contributed by atoms with Gasteiger partial charge in [-0.2, -0.15) is 0 Å². The fourth-order valence-corrected chi connectivity index (χ4v) is 3.45. The summed E-state index contributed by atoms with van der Waals surface area (Å²) in [6, 6.07) is 12.5. The number of nitrogen functional groups attached to an aromatic ring is 1. The van der Waals surface area contributed by atoms with Crippen molar-refractivity contribution in [2.24, 2.45) is 0 Å². The van der Waals surface area contributed by atoms with Crippen LogP contribution in [0, 0.1) is 6.92 Å². The number of fused-ring (bicyclic) bond motifs is 2. The summed E-state index contributed by atoms with van der Waals surface area (Å²) in [5.41, 5.74) is 8.99. The highest BCUT2D eigenvalue weighted by Gasteiger charge is 2.18. The normalized spacial score (nSPS) is 13.7. The SMILES string of the molecule is CCC(COc1cccc2nc(C)cc(N)c12)NC(=O)c1ccc2c(c1)OCCO2. The second kappa shape index (κ2) is 8.49. The van der Waals surface area contributed by atoms with E-state index in [2.05, 4.69) is 10.3 Å². The molecule has 0 saturated carbocycles. The van der Waals surface area contributed by atoms with Crippen molar-refractivity contribution in [1.29, 1.82) is 0 Å². The molecule has 2 aromatic carbocycles. The van der Waals surface area contributed by atoms with Crippen LogP contribution in [0.3, 0.4) is 0 Å². The maximum Gasteiger partial charge on any atom is 0.251 e. The number of amides is 1. The molecular weight excluding hydrogens is 382 g/mol. The van der Waals surface area contributed by atoms with E-state index in [9.17, 15) is 4.79 Å². The lowest BCUT2D eigenvalue weighted by Crippen LogP contribution is -2.38. The van der Waals surface area contributed by atoms with E-state index in [1.165, 1.54) is 0 Å². The van der Waals surface area contributed by atoms with Crippen LogP contribution in [-0.2, 0) is 0 Å². The smallest absolute Gasteiger partial charge is 0.251 e. The molecule has 3 aromatic rings. The zero-order chi connectivity index (χ0) is 21.1. The van der Waals surface area contributed by atoms with Gasteiger partial charge in [-0.05, 0) is 49.7 Å². The Morgan fingerprint density at radius 2 is 2.00 bits per heavy atom. The molecule has 1 aromatic heterocycles. The summed E-state index contributed by atoms with van der Waals surface area (Å²) in [6.07, 6.45) is 0.716. The minimum atomic E-state index is -0.183. The monoisotopic (exact) mass is 407 g/mol. The van der Waals surface area contributed by atoms with Gasteiger partial charge in [-0.3, -0.25) is 9.78 Å². The number of carbonyl (C=O) groups excluding carboxylic acids is 1. The molecule has 1 aliphatic rings. The Morgan fingerprint density at radius 1 is 1.20 bits per heavy atom. The van der Waals surface area contributed by atoms with Crippen LogP contribution < -0.4 is 25.3 Å².